The van der Waals surface area contributed by atoms with Gasteiger partial charge in [0.15, 0.2) is 5.96 Å². The summed E-state index contributed by atoms with van der Waals surface area (Å²) >= 11 is 5.31. The van der Waals surface area contributed by atoms with Crippen molar-refractivity contribution in [2.24, 2.45) is 4.99 Å². The molecule has 2 rings (SSSR count). The summed E-state index contributed by atoms with van der Waals surface area (Å²) in [5, 5.41) is 5.51. The molecule has 24 heavy (non-hydrogen) atoms. The third kappa shape index (κ3) is 6.25. The Balaban J connectivity index is 0.00000288. The third-order valence-electron chi connectivity index (χ3n) is 3.51. The lowest BCUT2D eigenvalue weighted by molar-refractivity contribution is 0.412. The second-order valence-electron chi connectivity index (χ2n) is 5.12. The molecule has 0 aliphatic carbocycles. The van der Waals surface area contributed by atoms with Crippen LogP contribution in [0.1, 0.15) is 10.4 Å². The summed E-state index contributed by atoms with van der Waals surface area (Å²) in [4.78, 5) is 7.90. The first-order chi connectivity index (χ1) is 11.1. The van der Waals surface area contributed by atoms with Crippen LogP contribution in [0.15, 0.2) is 45.2 Å². The maximum atomic E-state index is 5.25. The van der Waals surface area contributed by atoms with E-state index in [9.17, 15) is 0 Å². The summed E-state index contributed by atoms with van der Waals surface area (Å²) in [6.07, 6.45) is 1.03. The van der Waals surface area contributed by atoms with E-state index < -0.39 is 0 Å². The minimum Gasteiger partial charge on any atom is -0.496 e. The number of thiophene rings is 1. The Hall–Kier alpha value is -0.800. The molecule has 1 heterocycles. The Labute approximate surface area is 173 Å². The molecule has 0 aliphatic rings. The molecule has 0 atom stereocenters. The van der Waals surface area contributed by atoms with E-state index in [1.54, 1.807) is 18.4 Å². The van der Waals surface area contributed by atoms with Crippen LogP contribution in [0.25, 0.3) is 0 Å². The second-order valence-corrected chi connectivity index (χ2v) is 7.01. The minimum absolute atomic E-state index is 0. The predicted molar refractivity (Wildman–Crippen MR) is 117 cm³/mol. The molecule has 0 unspecified atom stereocenters. The van der Waals surface area contributed by atoms with Crippen LogP contribution in [0.3, 0.4) is 0 Å². The molecule has 2 aromatic rings. The summed E-state index contributed by atoms with van der Waals surface area (Å²) in [5.74, 6) is 1.74. The fraction of sp³-hybridized carbons (Fsp3) is 0.353. The Bertz CT molecular complexity index is 649. The van der Waals surface area contributed by atoms with Crippen LogP contribution < -0.4 is 10.1 Å². The van der Waals surface area contributed by atoms with Gasteiger partial charge in [0.1, 0.15) is 5.75 Å². The van der Waals surface area contributed by atoms with Crippen molar-refractivity contribution in [3.8, 4) is 5.75 Å². The second kappa shape index (κ2) is 10.9. The van der Waals surface area contributed by atoms with Gasteiger partial charge in [0, 0.05) is 32.1 Å². The van der Waals surface area contributed by atoms with Gasteiger partial charge in [-0.05, 0) is 51.5 Å². The van der Waals surface area contributed by atoms with Crippen molar-refractivity contribution in [1.82, 2.24) is 10.2 Å². The van der Waals surface area contributed by atoms with E-state index in [0.717, 1.165) is 35.7 Å². The van der Waals surface area contributed by atoms with Crippen molar-refractivity contribution in [3.63, 3.8) is 0 Å². The Morgan fingerprint density at radius 3 is 2.75 bits per heavy atom. The number of guanidine groups is 1. The zero-order valence-electron chi connectivity index (χ0n) is 14.1. The molecule has 0 amide bonds. The highest BCUT2D eigenvalue weighted by molar-refractivity contribution is 14.0. The van der Waals surface area contributed by atoms with Gasteiger partial charge in [0.25, 0.3) is 0 Å². The molecule has 1 aromatic heterocycles. The van der Waals surface area contributed by atoms with Gasteiger partial charge in [0.05, 0.1) is 11.6 Å². The number of likely N-dealkylation sites (N-methyl/N-ethyl adjacent to an activating group) is 1. The average molecular weight is 524 g/mol. The number of methoxy groups -OCH3 is 1. The number of nitrogens with one attached hydrogen (secondary N) is 1. The molecule has 0 radical (unpaired) electrons. The number of ether oxygens (including phenoxy) is 1. The highest BCUT2D eigenvalue weighted by Gasteiger charge is 2.07. The summed E-state index contributed by atoms with van der Waals surface area (Å²) < 4.78 is 6.21. The summed E-state index contributed by atoms with van der Waals surface area (Å²) in [6, 6.07) is 10.3. The Morgan fingerprint density at radius 1 is 1.38 bits per heavy atom. The quantitative estimate of drug-likeness (QED) is 0.346. The monoisotopic (exact) mass is 523 g/mol. The third-order valence-corrected chi connectivity index (χ3v) is 5.07. The van der Waals surface area contributed by atoms with E-state index in [0.29, 0.717) is 0 Å². The first kappa shape index (κ1) is 21.2. The van der Waals surface area contributed by atoms with Gasteiger partial charge < -0.3 is 15.0 Å². The van der Waals surface area contributed by atoms with Crippen molar-refractivity contribution < 1.29 is 4.74 Å². The van der Waals surface area contributed by atoms with Crippen LogP contribution in [-0.4, -0.2) is 38.6 Å². The zero-order valence-corrected chi connectivity index (χ0v) is 18.8. The maximum Gasteiger partial charge on any atom is 0.193 e. The minimum atomic E-state index is 0. The van der Waals surface area contributed by atoms with E-state index in [-0.39, 0.29) is 24.0 Å². The molecule has 0 saturated heterocycles. The topological polar surface area (TPSA) is 36.9 Å². The van der Waals surface area contributed by atoms with E-state index in [1.165, 1.54) is 10.4 Å². The largest absolute Gasteiger partial charge is 0.496 e. The fourth-order valence-corrected chi connectivity index (χ4v) is 3.51. The molecule has 1 aromatic carbocycles. The Morgan fingerprint density at radius 2 is 2.17 bits per heavy atom. The van der Waals surface area contributed by atoms with E-state index in [2.05, 4.69) is 67.8 Å². The molecular formula is C17H23BrIN3OS. The lowest BCUT2D eigenvalue weighted by Crippen LogP contribution is -2.39. The summed E-state index contributed by atoms with van der Waals surface area (Å²) in [5.41, 5.74) is 1.17. The van der Waals surface area contributed by atoms with Crippen molar-refractivity contribution in [3.05, 3.63) is 50.6 Å². The molecule has 132 valence electrons. The van der Waals surface area contributed by atoms with E-state index >= 15 is 0 Å². The van der Waals surface area contributed by atoms with Crippen LogP contribution >= 0.6 is 51.2 Å². The van der Waals surface area contributed by atoms with Crippen molar-refractivity contribution in [2.75, 3.05) is 27.7 Å². The number of nitrogens with zero attached hydrogens (tertiary/aromatic N) is 2. The van der Waals surface area contributed by atoms with Crippen LogP contribution in [0.5, 0.6) is 5.75 Å². The first-order valence-electron chi connectivity index (χ1n) is 7.40. The van der Waals surface area contributed by atoms with E-state index in [4.69, 9.17) is 4.74 Å². The van der Waals surface area contributed by atoms with Gasteiger partial charge in [-0.3, -0.25) is 4.99 Å². The van der Waals surface area contributed by atoms with Crippen LogP contribution in [0.4, 0.5) is 0 Å². The average Bonchev–Trinajstić information content (AvgIpc) is 3.07. The summed E-state index contributed by atoms with van der Waals surface area (Å²) in [6.45, 7) is 1.66. The zero-order chi connectivity index (χ0) is 16.7. The molecule has 4 nitrogen and oxygen atoms in total. The molecule has 7 heteroatoms. The molecule has 0 aliphatic heterocycles. The van der Waals surface area contributed by atoms with Crippen LogP contribution in [0, 0.1) is 0 Å². The van der Waals surface area contributed by atoms with Gasteiger partial charge in [-0.25, -0.2) is 0 Å². The molecule has 0 spiro atoms. The normalized spacial score (nSPS) is 10.9. The predicted octanol–water partition coefficient (Wildman–Crippen LogP) is 4.39. The van der Waals surface area contributed by atoms with Gasteiger partial charge >= 0.3 is 0 Å². The SMILES string of the molecule is CN=C(NCc1ccc(OC)c(Br)c1)N(C)CCc1cccs1.I. The molecular weight excluding hydrogens is 501 g/mol. The number of hydrogen-bond donors (Lipinski definition) is 1. The fourth-order valence-electron chi connectivity index (χ4n) is 2.22. The number of aliphatic imine (C=N–C) groups is 1. The number of halogens is 2. The molecule has 0 bridgehead atoms. The molecule has 0 saturated carbocycles. The molecule has 1 N–H and O–H groups in total. The van der Waals surface area contributed by atoms with Crippen molar-refractivity contribution in [1.29, 1.82) is 0 Å². The highest BCUT2D eigenvalue weighted by Crippen LogP contribution is 2.25. The van der Waals surface area contributed by atoms with Crippen molar-refractivity contribution >= 4 is 57.2 Å². The van der Waals surface area contributed by atoms with Gasteiger partial charge in [-0.2, -0.15) is 0 Å². The number of hydrogen-bond acceptors (Lipinski definition) is 3. The van der Waals surface area contributed by atoms with E-state index in [1.807, 2.05) is 13.1 Å². The van der Waals surface area contributed by atoms with Gasteiger partial charge in [-0.15, -0.1) is 35.3 Å². The maximum absolute atomic E-state index is 5.25. The Kier molecular flexibility index (Phi) is 9.68. The molecule has 0 fully saturated rings. The van der Waals surface area contributed by atoms with Gasteiger partial charge in [0.2, 0.25) is 0 Å². The first-order valence-corrected chi connectivity index (χ1v) is 9.08. The van der Waals surface area contributed by atoms with Crippen LogP contribution in [0.2, 0.25) is 0 Å². The number of rotatable bonds is 6. The standard InChI is InChI=1S/C17H22BrN3OS.HI/c1-19-17(21(2)9-8-14-5-4-10-23-14)20-12-13-6-7-16(22-3)15(18)11-13;/h4-7,10-11H,8-9,12H2,1-3H3,(H,19,20);1H. The summed E-state index contributed by atoms with van der Waals surface area (Å²) in [7, 11) is 5.54. The van der Waals surface area contributed by atoms with Gasteiger partial charge in [-0.1, -0.05) is 12.1 Å². The van der Waals surface area contributed by atoms with Crippen molar-refractivity contribution in [2.45, 2.75) is 13.0 Å². The van der Waals surface area contributed by atoms with Crippen LogP contribution in [-0.2, 0) is 13.0 Å². The smallest absolute Gasteiger partial charge is 0.193 e. The lowest BCUT2D eigenvalue weighted by Gasteiger charge is -2.22. The lowest BCUT2D eigenvalue weighted by atomic mass is 10.2. The number of benzene rings is 1. The highest BCUT2D eigenvalue weighted by atomic mass is 127.